The normalized spacial score (nSPS) is 23.7. The zero-order chi connectivity index (χ0) is 23.4. The number of rotatable bonds is 5. The molecule has 0 aliphatic heterocycles. The average Bonchev–Trinajstić information content (AvgIpc) is 3.29. The molecule has 0 bridgehead atoms. The van der Waals surface area contributed by atoms with E-state index in [9.17, 15) is 14.3 Å². The van der Waals surface area contributed by atoms with Crippen molar-refractivity contribution in [1.82, 2.24) is 9.78 Å². The minimum atomic E-state index is -0.896. The van der Waals surface area contributed by atoms with Gasteiger partial charge in [0, 0.05) is 11.0 Å². The Morgan fingerprint density at radius 2 is 2.00 bits per heavy atom. The lowest BCUT2D eigenvalue weighted by Gasteiger charge is -2.42. The van der Waals surface area contributed by atoms with Crippen molar-refractivity contribution in [3.63, 3.8) is 0 Å². The number of hydrogen-bond donors (Lipinski definition) is 2. The number of aromatic nitrogens is 2. The number of carbonyl (C=O) groups is 1. The predicted octanol–water partition coefficient (Wildman–Crippen LogP) is 4.52. The topological polar surface area (TPSA) is 81.1 Å². The van der Waals surface area contributed by atoms with Gasteiger partial charge in [0.25, 0.3) is 0 Å². The molecule has 1 aromatic heterocycles. The van der Waals surface area contributed by atoms with Gasteiger partial charge in [-0.2, -0.15) is 5.10 Å². The Bertz CT molecular complexity index is 1280. The van der Waals surface area contributed by atoms with Crippen molar-refractivity contribution in [2.24, 2.45) is 11.1 Å². The largest absolute Gasteiger partial charge is 0.389 e. The Kier molecular flexibility index (Phi) is 5.01. The van der Waals surface area contributed by atoms with Crippen molar-refractivity contribution in [1.29, 1.82) is 0 Å². The van der Waals surface area contributed by atoms with Gasteiger partial charge in [0.1, 0.15) is 5.82 Å². The molecule has 1 fully saturated rings. The van der Waals surface area contributed by atoms with Crippen LogP contribution in [0.3, 0.4) is 0 Å². The summed E-state index contributed by atoms with van der Waals surface area (Å²) in [6, 6.07) is 12.1. The molecule has 0 spiro atoms. The number of halogens is 1. The lowest BCUT2D eigenvalue weighted by atomic mass is 9.65. The molecule has 2 aliphatic rings. The SMILES string of the molecule is Cc1cccc(CC[C@]2(O)CCC3=Cc4c(cnn4-c4ccc(F)cc4)C[C@@]32C)c1C(N)=O. The van der Waals surface area contributed by atoms with Crippen LogP contribution in [0.2, 0.25) is 0 Å². The lowest BCUT2D eigenvalue weighted by Crippen LogP contribution is -2.45. The van der Waals surface area contributed by atoms with E-state index in [0.29, 0.717) is 31.2 Å². The van der Waals surface area contributed by atoms with Crippen LogP contribution in [0, 0.1) is 18.2 Å². The van der Waals surface area contributed by atoms with Crippen LogP contribution in [0.25, 0.3) is 11.8 Å². The molecule has 1 amide bonds. The quantitative estimate of drug-likeness (QED) is 0.606. The first-order valence-electron chi connectivity index (χ1n) is 11.4. The summed E-state index contributed by atoms with van der Waals surface area (Å²) in [4.78, 5) is 12.0. The van der Waals surface area contributed by atoms with Crippen LogP contribution in [-0.2, 0) is 12.8 Å². The third-order valence-corrected chi connectivity index (χ3v) is 7.77. The first kappa shape index (κ1) is 21.6. The van der Waals surface area contributed by atoms with Gasteiger partial charge in [-0.15, -0.1) is 0 Å². The first-order valence-corrected chi connectivity index (χ1v) is 11.4. The maximum Gasteiger partial charge on any atom is 0.249 e. The zero-order valence-corrected chi connectivity index (χ0v) is 18.9. The number of hydrogen-bond acceptors (Lipinski definition) is 3. The van der Waals surface area contributed by atoms with Gasteiger partial charge < -0.3 is 10.8 Å². The van der Waals surface area contributed by atoms with Crippen LogP contribution in [-0.4, -0.2) is 26.4 Å². The van der Waals surface area contributed by atoms with Crippen molar-refractivity contribution in [3.05, 3.63) is 88.0 Å². The fourth-order valence-corrected chi connectivity index (χ4v) is 5.75. The van der Waals surface area contributed by atoms with Crippen LogP contribution in [0.1, 0.15) is 58.9 Å². The second-order valence-corrected chi connectivity index (χ2v) is 9.63. The van der Waals surface area contributed by atoms with Crippen LogP contribution < -0.4 is 5.73 Å². The number of amides is 1. The highest BCUT2D eigenvalue weighted by atomic mass is 19.1. The van der Waals surface area contributed by atoms with Gasteiger partial charge >= 0.3 is 0 Å². The first-order chi connectivity index (χ1) is 15.7. The van der Waals surface area contributed by atoms with E-state index in [-0.39, 0.29) is 5.82 Å². The standard InChI is InChI=1S/C27H28FN3O2/c1-17-4-3-5-18(24(17)25(29)32)10-12-27(33)13-11-20-14-23-19(15-26(20,27)2)16-30-31(23)22-8-6-21(28)7-9-22/h3-9,14,16,33H,10-13,15H2,1-2H3,(H2,29,32)/t26-,27-/m0/s1. The molecule has 170 valence electrons. The summed E-state index contributed by atoms with van der Waals surface area (Å²) < 4.78 is 15.2. The summed E-state index contributed by atoms with van der Waals surface area (Å²) in [5.74, 6) is -0.705. The van der Waals surface area contributed by atoms with Crippen LogP contribution in [0.4, 0.5) is 4.39 Å². The maximum atomic E-state index is 13.4. The zero-order valence-electron chi connectivity index (χ0n) is 18.9. The Balaban J connectivity index is 1.44. The summed E-state index contributed by atoms with van der Waals surface area (Å²) in [5.41, 5.74) is 10.7. The fourth-order valence-electron chi connectivity index (χ4n) is 5.75. The van der Waals surface area contributed by atoms with Gasteiger partial charge in [-0.1, -0.05) is 30.7 Å². The van der Waals surface area contributed by atoms with E-state index in [1.54, 1.807) is 12.1 Å². The molecule has 2 aromatic carbocycles. The second-order valence-electron chi connectivity index (χ2n) is 9.63. The molecule has 1 saturated carbocycles. The van der Waals surface area contributed by atoms with Crippen molar-refractivity contribution in [2.75, 3.05) is 0 Å². The van der Waals surface area contributed by atoms with Crippen LogP contribution in [0.15, 0.2) is 54.2 Å². The third kappa shape index (κ3) is 3.40. The van der Waals surface area contributed by atoms with Gasteiger partial charge in [-0.25, -0.2) is 9.07 Å². The number of carbonyl (C=O) groups excluding carboxylic acids is 1. The molecule has 5 rings (SSSR count). The Morgan fingerprint density at radius 3 is 2.73 bits per heavy atom. The molecule has 33 heavy (non-hydrogen) atoms. The van der Waals surface area contributed by atoms with E-state index in [1.807, 2.05) is 36.0 Å². The van der Waals surface area contributed by atoms with E-state index >= 15 is 0 Å². The molecular weight excluding hydrogens is 417 g/mol. The van der Waals surface area contributed by atoms with Gasteiger partial charge in [0.15, 0.2) is 0 Å². The highest BCUT2D eigenvalue weighted by Gasteiger charge is 2.54. The van der Waals surface area contributed by atoms with E-state index in [0.717, 1.165) is 34.5 Å². The molecule has 1 heterocycles. The number of nitrogens with zero attached hydrogens (tertiary/aromatic N) is 2. The van der Waals surface area contributed by atoms with Crippen LogP contribution in [0.5, 0.6) is 0 Å². The number of benzene rings is 2. The van der Waals surface area contributed by atoms with E-state index in [1.165, 1.54) is 17.7 Å². The minimum absolute atomic E-state index is 0.278. The Hall–Kier alpha value is -3.25. The van der Waals surface area contributed by atoms with Gasteiger partial charge in [-0.3, -0.25) is 4.79 Å². The Morgan fingerprint density at radius 1 is 1.24 bits per heavy atom. The summed E-state index contributed by atoms with van der Waals surface area (Å²) in [7, 11) is 0. The number of nitrogens with two attached hydrogens (primary N) is 1. The minimum Gasteiger partial charge on any atom is -0.389 e. The molecule has 3 N–H and O–H groups in total. The number of primary amides is 1. The maximum absolute atomic E-state index is 13.4. The lowest BCUT2D eigenvalue weighted by molar-refractivity contribution is -0.0461. The molecule has 0 radical (unpaired) electrons. The molecule has 0 saturated heterocycles. The monoisotopic (exact) mass is 445 g/mol. The number of aryl methyl sites for hydroxylation is 2. The summed E-state index contributed by atoms with van der Waals surface area (Å²) in [6.45, 7) is 4.02. The van der Waals surface area contributed by atoms with Gasteiger partial charge in [0.2, 0.25) is 5.91 Å². The molecule has 6 heteroatoms. The molecule has 3 aromatic rings. The average molecular weight is 446 g/mol. The van der Waals surface area contributed by atoms with Crippen molar-refractivity contribution >= 4 is 12.0 Å². The predicted molar refractivity (Wildman–Crippen MR) is 126 cm³/mol. The Labute approximate surface area is 192 Å². The van der Waals surface area contributed by atoms with Gasteiger partial charge in [-0.05, 0) is 86.1 Å². The van der Waals surface area contributed by atoms with E-state index in [4.69, 9.17) is 5.73 Å². The highest BCUT2D eigenvalue weighted by Crippen LogP contribution is 2.56. The van der Waals surface area contributed by atoms with Crippen molar-refractivity contribution < 1.29 is 14.3 Å². The molecule has 5 nitrogen and oxygen atoms in total. The summed E-state index contributed by atoms with van der Waals surface area (Å²) in [5, 5.41) is 16.4. The van der Waals surface area contributed by atoms with Crippen LogP contribution >= 0.6 is 0 Å². The molecule has 2 atom stereocenters. The molecule has 0 unspecified atom stereocenters. The highest BCUT2D eigenvalue weighted by molar-refractivity contribution is 5.95. The molecular formula is C27H28FN3O2. The van der Waals surface area contributed by atoms with E-state index in [2.05, 4.69) is 18.1 Å². The van der Waals surface area contributed by atoms with Crippen molar-refractivity contribution in [2.45, 2.75) is 51.6 Å². The summed E-state index contributed by atoms with van der Waals surface area (Å²) in [6.07, 6.45) is 7.28. The number of fused-ring (bicyclic) bond motifs is 2. The fraction of sp³-hybridized carbons (Fsp3) is 0.333. The second kappa shape index (κ2) is 7.66. The summed E-state index contributed by atoms with van der Waals surface area (Å²) >= 11 is 0. The van der Waals surface area contributed by atoms with Gasteiger partial charge in [0.05, 0.1) is 23.2 Å². The smallest absolute Gasteiger partial charge is 0.249 e. The number of aliphatic hydroxyl groups is 1. The van der Waals surface area contributed by atoms with E-state index < -0.39 is 16.9 Å². The molecule has 2 aliphatic carbocycles. The van der Waals surface area contributed by atoms with Crippen molar-refractivity contribution in [3.8, 4) is 5.69 Å². The third-order valence-electron chi connectivity index (χ3n) is 7.77.